The maximum absolute atomic E-state index is 12.1. The second kappa shape index (κ2) is 7.36. The van der Waals surface area contributed by atoms with Crippen LogP contribution in [0, 0.1) is 11.8 Å². The van der Waals surface area contributed by atoms with Crippen LogP contribution in [0.1, 0.15) is 47.0 Å². The van der Waals surface area contributed by atoms with Crippen LogP contribution < -0.4 is 11.1 Å². The molecule has 0 bridgehead atoms. The molecule has 0 saturated carbocycles. The summed E-state index contributed by atoms with van der Waals surface area (Å²) in [4.78, 5) is 23.4. The summed E-state index contributed by atoms with van der Waals surface area (Å²) in [6.07, 6.45) is 1.40. The molecule has 1 amide bonds. The summed E-state index contributed by atoms with van der Waals surface area (Å²) in [6, 6.07) is 0. The average Bonchev–Trinajstić information content (AvgIpc) is 2.32. The molecule has 0 aliphatic carbocycles. The standard InChI is InChI=1S/C13H26N2O3/c1-5-13(6-2,12(17)18)15-11(16)10(8-14)7-9(3)4/h9-10H,5-8,14H2,1-4H3,(H,15,16)(H,17,18). The highest BCUT2D eigenvalue weighted by molar-refractivity contribution is 5.88. The molecule has 0 aliphatic rings. The second-order valence-corrected chi connectivity index (χ2v) is 5.15. The van der Waals surface area contributed by atoms with Crippen molar-refractivity contribution in [2.24, 2.45) is 17.6 Å². The smallest absolute Gasteiger partial charge is 0.329 e. The number of nitrogens with one attached hydrogen (secondary N) is 1. The fourth-order valence-corrected chi connectivity index (χ4v) is 2.00. The largest absolute Gasteiger partial charge is 0.480 e. The lowest BCUT2D eigenvalue weighted by Crippen LogP contribution is -2.56. The van der Waals surface area contributed by atoms with Crippen LogP contribution in [0.3, 0.4) is 0 Å². The van der Waals surface area contributed by atoms with Crippen LogP contribution in [0.5, 0.6) is 0 Å². The molecule has 106 valence electrons. The van der Waals surface area contributed by atoms with Gasteiger partial charge in [-0.05, 0) is 25.2 Å². The Hall–Kier alpha value is -1.10. The van der Waals surface area contributed by atoms with E-state index in [0.717, 1.165) is 0 Å². The van der Waals surface area contributed by atoms with E-state index in [2.05, 4.69) is 5.32 Å². The van der Waals surface area contributed by atoms with E-state index < -0.39 is 11.5 Å². The summed E-state index contributed by atoms with van der Waals surface area (Å²) in [5, 5.41) is 11.9. The number of aliphatic carboxylic acids is 1. The molecule has 18 heavy (non-hydrogen) atoms. The lowest BCUT2D eigenvalue weighted by atomic mass is 9.90. The molecule has 0 aromatic heterocycles. The molecule has 4 N–H and O–H groups in total. The van der Waals surface area contributed by atoms with Gasteiger partial charge in [-0.1, -0.05) is 27.7 Å². The van der Waals surface area contributed by atoms with Crippen LogP contribution in [-0.2, 0) is 9.59 Å². The van der Waals surface area contributed by atoms with Gasteiger partial charge in [-0.2, -0.15) is 0 Å². The van der Waals surface area contributed by atoms with Crippen molar-refractivity contribution in [2.45, 2.75) is 52.5 Å². The van der Waals surface area contributed by atoms with Gasteiger partial charge in [0, 0.05) is 6.54 Å². The van der Waals surface area contributed by atoms with Gasteiger partial charge in [-0.25, -0.2) is 4.79 Å². The van der Waals surface area contributed by atoms with Crippen LogP contribution >= 0.6 is 0 Å². The molecule has 0 spiro atoms. The zero-order chi connectivity index (χ0) is 14.3. The monoisotopic (exact) mass is 258 g/mol. The quantitative estimate of drug-likeness (QED) is 0.613. The maximum Gasteiger partial charge on any atom is 0.329 e. The van der Waals surface area contributed by atoms with E-state index >= 15 is 0 Å². The molecule has 5 nitrogen and oxygen atoms in total. The third-order valence-electron chi connectivity index (χ3n) is 3.39. The topological polar surface area (TPSA) is 92.4 Å². The van der Waals surface area contributed by atoms with Crippen molar-refractivity contribution < 1.29 is 14.7 Å². The third kappa shape index (κ3) is 4.29. The fraction of sp³-hybridized carbons (Fsp3) is 0.846. The van der Waals surface area contributed by atoms with Gasteiger partial charge in [0.15, 0.2) is 0 Å². The molecule has 5 heteroatoms. The highest BCUT2D eigenvalue weighted by Crippen LogP contribution is 2.18. The van der Waals surface area contributed by atoms with Crippen molar-refractivity contribution in [3.63, 3.8) is 0 Å². The Morgan fingerprint density at radius 3 is 2.06 bits per heavy atom. The van der Waals surface area contributed by atoms with Gasteiger partial charge in [-0.3, -0.25) is 4.79 Å². The van der Waals surface area contributed by atoms with Crippen LogP contribution in [-0.4, -0.2) is 29.1 Å². The molecule has 1 atom stereocenters. The Balaban J connectivity index is 4.82. The average molecular weight is 258 g/mol. The minimum Gasteiger partial charge on any atom is -0.480 e. The molecule has 0 aliphatic heterocycles. The van der Waals surface area contributed by atoms with Crippen LogP contribution in [0.2, 0.25) is 0 Å². The SMILES string of the molecule is CCC(CC)(NC(=O)C(CN)CC(C)C)C(=O)O. The number of hydrogen-bond donors (Lipinski definition) is 3. The second-order valence-electron chi connectivity index (χ2n) is 5.15. The first-order valence-electron chi connectivity index (χ1n) is 6.58. The highest BCUT2D eigenvalue weighted by Gasteiger charge is 2.37. The van der Waals surface area contributed by atoms with Gasteiger partial charge in [-0.15, -0.1) is 0 Å². The zero-order valence-electron chi connectivity index (χ0n) is 11.8. The summed E-state index contributed by atoms with van der Waals surface area (Å²) in [5.74, 6) is -1.20. The van der Waals surface area contributed by atoms with Gasteiger partial charge in [0.25, 0.3) is 0 Å². The van der Waals surface area contributed by atoms with E-state index in [-0.39, 0.29) is 18.4 Å². The van der Waals surface area contributed by atoms with Crippen molar-refractivity contribution in [3.8, 4) is 0 Å². The third-order valence-corrected chi connectivity index (χ3v) is 3.39. The van der Waals surface area contributed by atoms with Crippen molar-refractivity contribution in [2.75, 3.05) is 6.54 Å². The van der Waals surface area contributed by atoms with Crippen molar-refractivity contribution in [1.82, 2.24) is 5.32 Å². The Kier molecular flexibility index (Phi) is 6.91. The predicted octanol–water partition coefficient (Wildman–Crippen LogP) is 1.37. The number of hydrogen-bond acceptors (Lipinski definition) is 3. The van der Waals surface area contributed by atoms with Gasteiger partial charge in [0.05, 0.1) is 5.92 Å². The predicted molar refractivity (Wildman–Crippen MR) is 71.1 cm³/mol. The summed E-state index contributed by atoms with van der Waals surface area (Å²) in [5.41, 5.74) is 4.43. The Morgan fingerprint density at radius 1 is 1.28 bits per heavy atom. The lowest BCUT2D eigenvalue weighted by Gasteiger charge is -2.30. The summed E-state index contributed by atoms with van der Waals surface area (Å²) in [6.45, 7) is 7.79. The summed E-state index contributed by atoms with van der Waals surface area (Å²) < 4.78 is 0. The maximum atomic E-state index is 12.1. The molecule has 0 radical (unpaired) electrons. The number of nitrogens with two attached hydrogens (primary N) is 1. The van der Waals surface area contributed by atoms with E-state index in [1.54, 1.807) is 13.8 Å². The van der Waals surface area contributed by atoms with Gasteiger partial charge in [0.1, 0.15) is 5.54 Å². The van der Waals surface area contributed by atoms with E-state index in [4.69, 9.17) is 5.73 Å². The number of carboxylic acid groups (broad SMARTS) is 1. The minimum absolute atomic E-state index is 0.243. The fourth-order valence-electron chi connectivity index (χ4n) is 2.00. The van der Waals surface area contributed by atoms with E-state index in [0.29, 0.717) is 25.2 Å². The molecule has 0 aromatic carbocycles. The van der Waals surface area contributed by atoms with E-state index in [1.807, 2.05) is 13.8 Å². The van der Waals surface area contributed by atoms with Crippen LogP contribution in [0.4, 0.5) is 0 Å². The molecular formula is C13H26N2O3. The van der Waals surface area contributed by atoms with Crippen LogP contribution in [0.25, 0.3) is 0 Å². The first-order chi connectivity index (χ1) is 8.32. The number of rotatable bonds is 8. The number of amides is 1. The molecule has 0 heterocycles. The first kappa shape index (κ1) is 16.9. The molecule has 0 saturated heterocycles. The lowest BCUT2D eigenvalue weighted by molar-refractivity contribution is -0.148. The molecule has 0 aromatic rings. The molecule has 0 fully saturated rings. The molecule has 0 rings (SSSR count). The molecular weight excluding hydrogens is 232 g/mol. The number of carbonyl (C=O) groups excluding carboxylic acids is 1. The Labute approximate surface area is 109 Å². The minimum atomic E-state index is -1.17. The molecule has 1 unspecified atom stereocenters. The van der Waals surface area contributed by atoms with Gasteiger partial charge in [0.2, 0.25) is 5.91 Å². The number of carbonyl (C=O) groups is 2. The number of carboxylic acids is 1. The van der Waals surface area contributed by atoms with Crippen LogP contribution in [0.15, 0.2) is 0 Å². The van der Waals surface area contributed by atoms with Gasteiger partial charge >= 0.3 is 5.97 Å². The Morgan fingerprint density at radius 2 is 1.78 bits per heavy atom. The normalized spacial score (nSPS) is 13.4. The van der Waals surface area contributed by atoms with Crippen molar-refractivity contribution in [1.29, 1.82) is 0 Å². The summed E-state index contributed by atoms with van der Waals surface area (Å²) >= 11 is 0. The van der Waals surface area contributed by atoms with E-state index in [9.17, 15) is 14.7 Å². The Bertz CT molecular complexity index is 286. The van der Waals surface area contributed by atoms with E-state index in [1.165, 1.54) is 0 Å². The summed E-state index contributed by atoms with van der Waals surface area (Å²) in [7, 11) is 0. The van der Waals surface area contributed by atoms with Crippen molar-refractivity contribution >= 4 is 11.9 Å². The highest BCUT2D eigenvalue weighted by atomic mass is 16.4. The van der Waals surface area contributed by atoms with Gasteiger partial charge < -0.3 is 16.2 Å². The zero-order valence-corrected chi connectivity index (χ0v) is 11.8. The van der Waals surface area contributed by atoms with Crippen molar-refractivity contribution in [3.05, 3.63) is 0 Å². The first-order valence-corrected chi connectivity index (χ1v) is 6.58.